The number of nitriles is 1. The van der Waals surface area contributed by atoms with Crippen LogP contribution >= 0.6 is 0 Å². The van der Waals surface area contributed by atoms with Gasteiger partial charge < -0.3 is 0 Å². The van der Waals surface area contributed by atoms with E-state index in [1.54, 1.807) is 0 Å². The SMILES string of the molecule is CC(=O)O[C@@H]1[C@@H]([Se]c2ccccc2)[C@H]2O[C@@H]1C[C@@]2(C#N)OC(C)=O. The minimum absolute atomic E-state index is 0.0938. The number of esters is 2. The molecule has 0 saturated carbocycles. The number of hydrogen-bond acceptors (Lipinski definition) is 6. The van der Waals surface area contributed by atoms with Crippen molar-refractivity contribution in [1.82, 2.24) is 0 Å². The van der Waals surface area contributed by atoms with Crippen molar-refractivity contribution < 1.29 is 23.8 Å². The molecule has 0 aliphatic carbocycles. The van der Waals surface area contributed by atoms with Gasteiger partial charge in [-0.05, 0) is 0 Å². The van der Waals surface area contributed by atoms with Gasteiger partial charge in [0.2, 0.25) is 0 Å². The van der Waals surface area contributed by atoms with E-state index in [0.29, 0.717) is 0 Å². The van der Waals surface area contributed by atoms with Crippen LogP contribution in [0.25, 0.3) is 0 Å². The molecule has 2 fully saturated rings. The van der Waals surface area contributed by atoms with Gasteiger partial charge in [0.05, 0.1) is 0 Å². The van der Waals surface area contributed by atoms with Gasteiger partial charge >= 0.3 is 146 Å². The Bertz CT molecular complexity index is 688. The molecule has 3 rings (SSSR count). The number of benzene rings is 1. The van der Waals surface area contributed by atoms with Gasteiger partial charge in [0, 0.05) is 0 Å². The van der Waals surface area contributed by atoms with Gasteiger partial charge in [0.25, 0.3) is 0 Å². The van der Waals surface area contributed by atoms with E-state index in [4.69, 9.17) is 14.2 Å². The summed E-state index contributed by atoms with van der Waals surface area (Å²) in [5.74, 6) is -0.886. The van der Waals surface area contributed by atoms with Crippen molar-refractivity contribution in [2.24, 2.45) is 0 Å². The molecule has 2 aliphatic heterocycles. The Morgan fingerprint density at radius 3 is 2.58 bits per heavy atom. The summed E-state index contributed by atoms with van der Waals surface area (Å²) in [6, 6.07) is 11.9. The Hall–Kier alpha value is -1.87. The van der Waals surface area contributed by atoms with Crippen LogP contribution in [0.4, 0.5) is 0 Å². The van der Waals surface area contributed by atoms with Crippen LogP contribution in [0.1, 0.15) is 20.3 Å². The minimum atomic E-state index is -1.30. The summed E-state index contributed by atoms with van der Waals surface area (Å²) in [6.45, 7) is 2.65. The maximum atomic E-state index is 11.5. The summed E-state index contributed by atoms with van der Waals surface area (Å²) in [6.07, 6.45) is -1.19. The molecular weight excluding hydrogens is 377 g/mol. The molecule has 1 aromatic carbocycles. The van der Waals surface area contributed by atoms with Crippen molar-refractivity contribution in [2.45, 2.75) is 49.0 Å². The van der Waals surface area contributed by atoms with Gasteiger partial charge in [-0.15, -0.1) is 0 Å². The van der Waals surface area contributed by atoms with E-state index >= 15 is 0 Å². The Morgan fingerprint density at radius 1 is 1.29 bits per heavy atom. The molecule has 2 aliphatic rings. The third-order valence-electron chi connectivity index (χ3n) is 4.11. The first-order valence-electron chi connectivity index (χ1n) is 7.60. The van der Waals surface area contributed by atoms with E-state index in [0.717, 1.165) is 4.46 Å². The summed E-state index contributed by atoms with van der Waals surface area (Å²) in [5, 5.41) is 9.63. The number of fused-ring (bicyclic) bond motifs is 2. The van der Waals surface area contributed by atoms with E-state index < -0.39 is 29.9 Å². The fraction of sp³-hybridized carbons (Fsp3) is 0.471. The molecule has 0 radical (unpaired) electrons. The Morgan fingerprint density at radius 2 is 2.00 bits per heavy atom. The molecule has 5 atom stereocenters. The maximum absolute atomic E-state index is 11.5. The van der Waals surface area contributed by atoms with Crippen molar-refractivity contribution in [3.63, 3.8) is 0 Å². The standard InChI is InChI=1S/C17H17NO5Se/c1-10(19)21-14-13-8-17(9-18,23-11(2)20)16(22-13)15(14)24-12-6-4-3-5-7-12/h3-7,13-16H,8H2,1-2H3/t13-,14+,15-,16-,17+/m1/s1. The quantitative estimate of drug-likeness (QED) is 0.553. The molecule has 0 amide bonds. The predicted molar refractivity (Wildman–Crippen MR) is 84.5 cm³/mol. The molecule has 0 spiro atoms. The molecule has 1 aromatic rings. The first kappa shape index (κ1) is 17.0. The molecule has 7 heteroatoms. The first-order chi connectivity index (χ1) is 11.4. The van der Waals surface area contributed by atoms with Gasteiger partial charge in [0.1, 0.15) is 0 Å². The number of ether oxygens (including phenoxy) is 3. The molecule has 6 nitrogen and oxygen atoms in total. The monoisotopic (exact) mass is 395 g/mol. The van der Waals surface area contributed by atoms with Crippen LogP contribution in [-0.2, 0) is 23.8 Å². The number of carbonyl (C=O) groups is 2. The second kappa shape index (κ2) is 6.56. The van der Waals surface area contributed by atoms with Crippen LogP contribution in [0.3, 0.4) is 0 Å². The third kappa shape index (κ3) is 3.05. The summed E-state index contributed by atoms with van der Waals surface area (Å²) in [7, 11) is 0. The molecule has 24 heavy (non-hydrogen) atoms. The average molecular weight is 394 g/mol. The van der Waals surface area contributed by atoms with Gasteiger partial charge in [-0.3, -0.25) is 0 Å². The van der Waals surface area contributed by atoms with Gasteiger partial charge in [-0.2, -0.15) is 0 Å². The van der Waals surface area contributed by atoms with E-state index in [1.807, 2.05) is 30.3 Å². The molecule has 0 aromatic heterocycles. The fourth-order valence-corrected chi connectivity index (χ4v) is 6.23. The van der Waals surface area contributed by atoms with Crippen LogP contribution in [0.5, 0.6) is 0 Å². The molecular formula is C17H17NO5Se. The molecule has 0 N–H and O–H groups in total. The molecule has 0 unspecified atom stereocenters. The van der Waals surface area contributed by atoms with Crippen LogP contribution in [-0.4, -0.2) is 50.8 Å². The summed E-state index contributed by atoms with van der Waals surface area (Å²) < 4.78 is 17.8. The second-order valence-corrected chi connectivity index (χ2v) is 8.49. The van der Waals surface area contributed by atoms with Gasteiger partial charge in [-0.1, -0.05) is 0 Å². The Labute approximate surface area is 146 Å². The zero-order chi connectivity index (χ0) is 17.3. The molecule has 126 valence electrons. The summed E-state index contributed by atoms with van der Waals surface area (Å²) in [4.78, 5) is 22.7. The van der Waals surface area contributed by atoms with Crippen LogP contribution in [0.2, 0.25) is 4.82 Å². The molecule has 2 heterocycles. The predicted octanol–water partition coefficient (Wildman–Crippen LogP) is 0.733. The zero-order valence-electron chi connectivity index (χ0n) is 13.3. The van der Waals surface area contributed by atoms with Crippen molar-refractivity contribution in [2.75, 3.05) is 0 Å². The molecule has 2 bridgehead atoms. The van der Waals surface area contributed by atoms with Crippen LogP contribution in [0, 0.1) is 11.3 Å². The summed E-state index contributed by atoms with van der Waals surface area (Å²) >= 11 is -0.0938. The van der Waals surface area contributed by atoms with E-state index in [9.17, 15) is 14.9 Å². The number of rotatable bonds is 4. The van der Waals surface area contributed by atoms with Crippen molar-refractivity contribution in [3.8, 4) is 6.07 Å². The van der Waals surface area contributed by atoms with E-state index in [1.165, 1.54) is 13.8 Å². The fourth-order valence-electron chi connectivity index (χ4n) is 3.29. The topological polar surface area (TPSA) is 85.6 Å². The van der Waals surface area contributed by atoms with Crippen LogP contribution in [0.15, 0.2) is 30.3 Å². The third-order valence-corrected chi connectivity index (χ3v) is 6.90. The Kier molecular flexibility index (Phi) is 4.64. The van der Waals surface area contributed by atoms with Crippen LogP contribution < -0.4 is 4.46 Å². The van der Waals surface area contributed by atoms with E-state index in [2.05, 4.69) is 6.07 Å². The molecule has 2 saturated heterocycles. The van der Waals surface area contributed by atoms with E-state index in [-0.39, 0.29) is 32.2 Å². The number of hydrogen-bond donors (Lipinski definition) is 0. The number of carbonyl (C=O) groups excluding carboxylic acids is 2. The van der Waals surface area contributed by atoms with Gasteiger partial charge in [0.15, 0.2) is 0 Å². The van der Waals surface area contributed by atoms with Crippen molar-refractivity contribution in [3.05, 3.63) is 30.3 Å². The Balaban J connectivity index is 1.90. The number of nitrogens with zero attached hydrogens (tertiary/aromatic N) is 1. The first-order valence-corrected chi connectivity index (χ1v) is 9.45. The summed E-state index contributed by atoms with van der Waals surface area (Å²) in [5.41, 5.74) is -1.30. The zero-order valence-corrected chi connectivity index (χ0v) is 15.0. The van der Waals surface area contributed by atoms with Crippen molar-refractivity contribution in [1.29, 1.82) is 5.26 Å². The normalized spacial score (nSPS) is 33.7. The average Bonchev–Trinajstić information content (AvgIpc) is 3.04. The van der Waals surface area contributed by atoms with Gasteiger partial charge in [-0.25, -0.2) is 0 Å². The van der Waals surface area contributed by atoms with Crippen molar-refractivity contribution >= 4 is 31.4 Å². The second-order valence-electron chi connectivity index (χ2n) is 5.86.